The van der Waals surface area contributed by atoms with E-state index in [1.807, 2.05) is 12.1 Å². The van der Waals surface area contributed by atoms with Gasteiger partial charge < -0.3 is 4.74 Å². The van der Waals surface area contributed by atoms with Crippen LogP contribution in [0.3, 0.4) is 0 Å². The van der Waals surface area contributed by atoms with Crippen molar-refractivity contribution in [1.29, 1.82) is 0 Å². The lowest BCUT2D eigenvalue weighted by molar-refractivity contribution is 0.0989. The molecule has 3 nitrogen and oxygen atoms in total. The van der Waals surface area contributed by atoms with E-state index in [4.69, 9.17) is 4.74 Å². The number of rotatable bonds is 4. The van der Waals surface area contributed by atoms with Gasteiger partial charge >= 0.3 is 0 Å². The van der Waals surface area contributed by atoms with Crippen molar-refractivity contribution in [2.45, 2.75) is 32.6 Å². The van der Waals surface area contributed by atoms with Crippen molar-refractivity contribution in [3.8, 4) is 5.88 Å². The molecular formula is C18H21NO2. The largest absolute Gasteiger partial charge is 0.480 e. The maximum Gasteiger partial charge on any atom is 0.224 e. The van der Waals surface area contributed by atoms with Gasteiger partial charge in [0.1, 0.15) is 0 Å². The molecule has 0 aliphatic rings. The van der Waals surface area contributed by atoms with Crippen molar-refractivity contribution >= 4 is 5.78 Å². The van der Waals surface area contributed by atoms with Crippen LogP contribution < -0.4 is 4.74 Å². The van der Waals surface area contributed by atoms with Crippen LogP contribution in [0.5, 0.6) is 5.88 Å². The first-order chi connectivity index (χ1) is 9.91. The van der Waals surface area contributed by atoms with Crippen molar-refractivity contribution in [3.63, 3.8) is 0 Å². The van der Waals surface area contributed by atoms with Crippen LogP contribution in [0.4, 0.5) is 0 Å². The van der Waals surface area contributed by atoms with Crippen molar-refractivity contribution in [2.75, 3.05) is 7.11 Å². The normalized spacial score (nSPS) is 11.2. The molecule has 0 fully saturated rings. The highest BCUT2D eigenvalue weighted by Crippen LogP contribution is 2.23. The number of pyridine rings is 1. The van der Waals surface area contributed by atoms with Gasteiger partial charge in [0, 0.05) is 12.6 Å². The first-order valence-electron chi connectivity index (χ1n) is 7.03. The second-order valence-corrected chi connectivity index (χ2v) is 6.11. The van der Waals surface area contributed by atoms with Crippen molar-refractivity contribution in [1.82, 2.24) is 4.98 Å². The third-order valence-corrected chi connectivity index (χ3v) is 3.45. The maximum absolute atomic E-state index is 12.4. The SMILES string of the molecule is COc1ncccc1C(=O)Cc1ccc(C(C)(C)C)cc1. The molecule has 110 valence electrons. The van der Waals surface area contributed by atoms with Gasteiger partial charge in [0.15, 0.2) is 5.78 Å². The van der Waals surface area contributed by atoms with Gasteiger partial charge in [0.05, 0.1) is 12.7 Å². The van der Waals surface area contributed by atoms with E-state index in [1.54, 1.807) is 18.3 Å². The number of benzene rings is 1. The van der Waals surface area contributed by atoms with Crippen molar-refractivity contribution in [3.05, 3.63) is 59.3 Å². The molecule has 0 saturated carbocycles. The lowest BCUT2D eigenvalue weighted by Gasteiger charge is -2.19. The van der Waals surface area contributed by atoms with Crippen LogP contribution in [0, 0.1) is 0 Å². The Hall–Kier alpha value is -2.16. The molecule has 0 unspecified atom stereocenters. The summed E-state index contributed by atoms with van der Waals surface area (Å²) in [5.41, 5.74) is 2.91. The highest BCUT2D eigenvalue weighted by Gasteiger charge is 2.15. The van der Waals surface area contributed by atoms with Gasteiger partial charge in [-0.25, -0.2) is 4.98 Å². The fraction of sp³-hybridized carbons (Fsp3) is 0.333. The maximum atomic E-state index is 12.4. The Morgan fingerprint density at radius 1 is 1.14 bits per heavy atom. The molecule has 1 heterocycles. The standard InChI is InChI=1S/C18H21NO2/c1-18(2,3)14-9-7-13(8-10-14)12-16(20)15-6-5-11-19-17(15)21-4/h5-11H,12H2,1-4H3. The van der Waals surface area contributed by atoms with Crippen molar-refractivity contribution < 1.29 is 9.53 Å². The Labute approximate surface area is 126 Å². The number of carbonyl (C=O) groups is 1. The third-order valence-electron chi connectivity index (χ3n) is 3.45. The molecule has 0 N–H and O–H groups in total. The van der Waals surface area contributed by atoms with Crippen LogP contribution in [-0.2, 0) is 11.8 Å². The first-order valence-corrected chi connectivity index (χ1v) is 7.03. The van der Waals surface area contributed by atoms with Gasteiger partial charge in [-0.3, -0.25) is 4.79 Å². The zero-order valence-electron chi connectivity index (χ0n) is 13.0. The minimum atomic E-state index is 0.0171. The van der Waals surface area contributed by atoms with Crippen LogP contribution >= 0.6 is 0 Å². The zero-order chi connectivity index (χ0) is 15.5. The van der Waals surface area contributed by atoms with Crippen LogP contribution in [0.2, 0.25) is 0 Å². The van der Waals surface area contributed by atoms with E-state index >= 15 is 0 Å². The highest BCUT2D eigenvalue weighted by molar-refractivity contribution is 5.99. The monoisotopic (exact) mass is 283 g/mol. The molecule has 1 aromatic carbocycles. The molecule has 3 heteroatoms. The molecule has 0 aliphatic carbocycles. The van der Waals surface area contributed by atoms with Crippen LogP contribution in [-0.4, -0.2) is 17.9 Å². The molecule has 0 atom stereocenters. The topological polar surface area (TPSA) is 39.2 Å². The predicted molar refractivity (Wildman–Crippen MR) is 84.0 cm³/mol. The van der Waals surface area contributed by atoms with Crippen molar-refractivity contribution in [2.24, 2.45) is 0 Å². The summed E-state index contributed by atoms with van der Waals surface area (Å²) in [4.78, 5) is 16.4. The molecule has 21 heavy (non-hydrogen) atoms. The second kappa shape index (κ2) is 6.08. The summed E-state index contributed by atoms with van der Waals surface area (Å²) in [5, 5.41) is 0. The molecule has 2 rings (SSSR count). The second-order valence-electron chi connectivity index (χ2n) is 6.11. The highest BCUT2D eigenvalue weighted by atomic mass is 16.5. The van der Waals surface area contributed by atoms with E-state index < -0.39 is 0 Å². The van der Waals surface area contributed by atoms with Gasteiger partial charge in [0.25, 0.3) is 0 Å². The van der Waals surface area contributed by atoms with E-state index in [2.05, 4.69) is 37.9 Å². The van der Waals surface area contributed by atoms with Gasteiger partial charge in [-0.15, -0.1) is 0 Å². The fourth-order valence-electron chi connectivity index (χ4n) is 2.17. The number of ketones is 1. The minimum Gasteiger partial charge on any atom is -0.480 e. The summed E-state index contributed by atoms with van der Waals surface area (Å²) in [6, 6.07) is 11.7. The molecule has 0 saturated heterocycles. The number of carbonyl (C=O) groups excluding carboxylic acids is 1. The number of methoxy groups -OCH3 is 1. The number of aromatic nitrogens is 1. The van der Waals surface area contributed by atoms with Gasteiger partial charge in [-0.05, 0) is 28.7 Å². The van der Waals surface area contributed by atoms with Gasteiger partial charge in [0.2, 0.25) is 5.88 Å². The first kappa shape index (κ1) is 15.2. The summed E-state index contributed by atoms with van der Waals surface area (Å²) in [5.74, 6) is 0.400. The molecular weight excluding hydrogens is 262 g/mol. The molecule has 0 radical (unpaired) electrons. The molecule has 1 aromatic heterocycles. The van der Waals surface area contributed by atoms with Gasteiger partial charge in [-0.2, -0.15) is 0 Å². The van der Waals surface area contributed by atoms with Crippen LogP contribution in [0.25, 0.3) is 0 Å². The number of Topliss-reactive ketones (excluding diaryl/α,β-unsaturated/α-hetero) is 1. The molecule has 2 aromatic rings. The van der Waals surface area contributed by atoms with E-state index in [1.165, 1.54) is 12.7 Å². The van der Waals surface area contributed by atoms with E-state index in [0.717, 1.165) is 5.56 Å². The lowest BCUT2D eigenvalue weighted by Crippen LogP contribution is -2.11. The van der Waals surface area contributed by atoms with E-state index in [0.29, 0.717) is 17.9 Å². The number of hydrogen-bond acceptors (Lipinski definition) is 3. The minimum absolute atomic E-state index is 0.0171. The summed E-state index contributed by atoms with van der Waals surface area (Å²) in [6.45, 7) is 6.52. The summed E-state index contributed by atoms with van der Waals surface area (Å²) >= 11 is 0. The molecule has 0 spiro atoms. The number of ether oxygens (including phenoxy) is 1. The number of nitrogens with zero attached hydrogens (tertiary/aromatic N) is 1. The quantitative estimate of drug-likeness (QED) is 0.801. The molecule has 0 aliphatic heterocycles. The third kappa shape index (κ3) is 3.69. The average Bonchev–Trinajstić information content (AvgIpc) is 2.46. The van der Waals surface area contributed by atoms with E-state index in [-0.39, 0.29) is 11.2 Å². The Morgan fingerprint density at radius 2 is 1.81 bits per heavy atom. The Kier molecular flexibility index (Phi) is 4.41. The summed E-state index contributed by atoms with van der Waals surface area (Å²) in [6.07, 6.45) is 1.97. The molecule has 0 bridgehead atoms. The lowest BCUT2D eigenvalue weighted by atomic mass is 9.86. The van der Waals surface area contributed by atoms with Gasteiger partial charge in [-0.1, -0.05) is 45.0 Å². The summed E-state index contributed by atoms with van der Waals surface area (Å²) in [7, 11) is 1.53. The van der Waals surface area contributed by atoms with Crippen LogP contribution in [0.15, 0.2) is 42.6 Å². The summed E-state index contributed by atoms with van der Waals surface area (Å²) < 4.78 is 5.14. The van der Waals surface area contributed by atoms with E-state index in [9.17, 15) is 4.79 Å². The van der Waals surface area contributed by atoms with Crippen LogP contribution in [0.1, 0.15) is 42.3 Å². The Morgan fingerprint density at radius 3 is 2.38 bits per heavy atom. The Balaban J connectivity index is 2.16. The average molecular weight is 283 g/mol. The smallest absolute Gasteiger partial charge is 0.224 e. The predicted octanol–water partition coefficient (Wildman–Crippen LogP) is 3.81. The Bertz CT molecular complexity index is 624. The fourth-order valence-corrected chi connectivity index (χ4v) is 2.17. The molecule has 0 amide bonds. The zero-order valence-corrected chi connectivity index (χ0v) is 13.0. The number of hydrogen-bond donors (Lipinski definition) is 0.